The Labute approximate surface area is 195 Å². The molecule has 0 aliphatic heterocycles. The van der Waals surface area contributed by atoms with Crippen molar-refractivity contribution in [1.82, 2.24) is 4.57 Å². The molecule has 6 nitrogen and oxygen atoms in total. The molecule has 0 saturated heterocycles. The maximum absolute atomic E-state index is 12.7. The second-order valence-electron chi connectivity index (χ2n) is 7.17. The first-order valence-electron chi connectivity index (χ1n) is 9.54. The van der Waals surface area contributed by atoms with Crippen LogP contribution in [0.4, 0.5) is 5.69 Å². The SMILES string of the molecule is Cc1c(Cl)cccc1NC(=O)/C(C#N)=C\c1cc(C)n(-c2ccc(Cl)c(C(=O)O)c2)c1C. The molecule has 162 valence electrons. The smallest absolute Gasteiger partial charge is 0.337 e. The van der Waals surface area contributed by atoms with Crippen LogP contribution in [0.2, 0.25) is 10.0 Å². The highest BCUT2D eigenvalue weighted by molar-refractivity contribution is 6.33. The number of aromatic carboxylic acids is 1. The lowest BCUT2D eigenvalue weighted by atomic mass is 10.1. The van der Waals surface area contributed by atoms with Crippen LogP contribution >= 0.6 is 23.2 Å². The van der Waals surface area contributed by atoms with Crippen molar-refractivity contribution in [2.24, 2.45) is 0 Å². The minimum Gasteiger partial charge on any atom is -0.478 e. The Bertz CT molecular complexity index is 1320. The van der Waals surface area contributed by atoms with Crippen molar-refractivity contribution in [2.75, 3.05) is 5.32 Å². The predicted octanol–water partition coefficient (Wildman–Crippen LogP) is 5.95. The number of nitrogens with zero attached hydrogens (tertiary/aromatic N) is 2. The van der Waals surface area contributed by atoms with Gasteiger partial charge in [0.25, 0.3) is 5.91 Å². The van der Waals surface area contributed by atoms with E-state index in [9.17, 15) is 20.0 Å². The molecule has 1 amide bonds. The highest BCUT2D eigenvalue weighted by Crippen LogP contribution is 2.27. The van der Waals surface area contributed by atoms with Gasteiger partial charge >= 0.3 is 5.97 Å². The summed E-state index contributed by atoms with van der Waals surface area (Å²) in [4.78, 5) is 24.2. The highest BCUT2D eigenvalue weighted by Gasteiger charge is 2.17. The molecule has 0 bridgehead atoms. The number of hydrogen-bond donors (Lipinski definition) is 2. The molecule has 0 saturated carbocycles. The zero-order valence-electron chi connectivity index (χ0n) is 17.5. The first kappa shape index (κ1) is 23.1. The number of carboxylic acid groups (broad SMARTS) is 1. The van der Waals surface area contributed by atoms with Crippen LogP contribution in [0.5, 0.6) is 0 Å². The van der Waals surface area contributed by atoms with Crippen LogP contribution in [-0.4, -0.2) is 21.6 Å². The van der Waals surface area contributed by atoms with Crippen molar-refractivity contribution in [3.05, 3.63) is 86.2 Å². The van der Waals surface area contributed by atoms with E-state index in [-0.39, 0.29) is 16.2 Å². The highest BCUT2D eigenvalue weighted by atomic mass is 35.5. The minimum atomic E-state index is -1.13. The Morgan fingerprint density at radius 3 is 2.47 bits per heavy atom. The van der Waals surface area contributed by atoms with Crippen molar-refractivity contribution in [1.29, 1.82) is 5.26 Å². The Morgan fingerprint density at radius 2 is 1.81 bits per heavy atom. The first-order chi connectivity index (χ1) is 15.1. The predicted molar refractivity (Wildman–Crippen MR) is 126 cm³/mol. The molecular formula is C24H19Cl2N3O3. The molecule has 1 heterocycles. The molecule has 0 atom stereocenters. The normalized spacial score (nSPS) is 11.2. The van der Waals surface area contributed by atoms with Gasteiger partial charge in [-0.3, -0.25) is 4.79 Å². The second kappa shape index (κ2) is 9.31. The largest absolute Gasteiger partial charge is 0.478 e. The van der Waals surface area contributed by atoms with Crippen LogP contribution in [0.1, 0.15) is 32.9 Å². The zero-order valence-corrected chi connectivity index (χ0v) is 19.0. The van der Waals surface area contributed by atoms with Gasteiger partial charge in [-0.2, -0.15) is 5.26 Å². The molecule has 0 spiro atoms. The third-order valence-corrected chi connectivity index (χ3v) is 5.83. The van der Waals surface area contributed by atoms with Crippen LogP contribution < -0.4 is 5.32 Å². The quantitative estimate of drug-likeness (QED) is 0.357. The molecule has 3 aromatic rings. The molecule has 8 heteroatoms. The van der Waals surface area contributed by atoms with E-state index in [4.69, 9.17) is 23.2 Å². The zero-order chi connectivity index (χ0) is 23.6. The maximum Gasteiger partial charge on any atom is 0.337 e. The number of hydrogen-bond acceptors (Lipinski definition) is 3. The number of benzene rings is 2. The Kier molecular flexibility index (Phi) is 6.73. The van der Waals surface area contributed by atoms with Gasteiger partial charge in [0.05, 0.1) is 10.6 Å². The lowest BCUT2D eigenvalue weighted by Gasteiger charge is -2.11. The molecular weight excluding hydrogens is 449 g/mol. The summed E-state index contributed by atoms with van der Waals surface area (Å²) >= 11 is 12.1. The van der Waals surface area contributed by atoms with Gasteiger partial charge in [-0.25, -0.2) is 4.79 Å². The van der Waals surface area contributed by atoms with E-state index in [0.717, 1.165) is 11.4 Å². The number of aryl methyl sites for hydroxylation is 1. The van der Waals surface area contributed by atoms with Gasteiger partial charge in [-0.15, -0.1) is 0 Å². The van der Waals surface area contributed by atoms with Crippen molar-refractivity contribution < 1.29 is 14.7 Å². The number of carbonyl (C=O) groups excluding carboxylic acids is 1. The number of carboxylic acids is 1. The molecule has 0 radical (unpaired) electrons. The molecule has 0 unspecified atom stereocenters. The average Bonchev–Trinajstić information content (AvgIpc) is 3.02. The number of carbonyl (C=O) groups is 2. The summed E-state index contributed by atoms with van der Waals surface area (Å²) in [6.07, 6.45) is 1.50. The Hall–Kier alpha value is -3.53. The van der Waals surface area contributed by atoms with Crippen LogP contribution in [0.15, 0.2) is 48.0 Å². The molecule has 0 fully saturated rings. The third-order valence-electron chi connectivity index (χ3n) is 5.09. The number of amides is 1. The standard InChI is InChI=1S/C24H19Cl2N3O3/c1-13-9-16(15(3)29(13)18-7-8-21(26)19(11-18)24(31)32)10-17(12-27)23(30)28-22-6-4-5-20(25)14(22)2/h4-11H,1-3H3,(H,28,30)(H,31,32)/b17-10-. The Balaban J connectivity index is 1.99. The van der Waals surface area contributed by atoms with Crippen molar-refractivity contribution in [3.63, 3.8) is 0 Å². The third kappa shape index (κ3) is 4.54. The van der Waals surface area contributed by atoms with E-state index < -0.39 is 11.9 Å². The summed E-state index contributed by atoms with van der Waals surface area (Å²) < 4.78 is 1.84. The fraction of sp³-hybridized carbons (Fsp3) is 0.125. The number of rotatable bonds is 5. The van der Waals surface area contributed by atoms with Gasteiger partial charge in [0.2, 0.25) is 0 Å². The molecule has 0 aliphatic rings. The molecule has 1 aromatic heterocycles. The number of halogens is 2. The van der Waals surface area contributed by atoms with Gasteiger partial charge in [-0.05, 0) is 74.4 Å². The van der Waals surface area contributed by atoms with Gasteiger partial charge in [0, 0.05) is 27.8 Å². The van der Waals surface area contributed by atoms with E-state index in [0.29, 0.717) is 27.5 Å². The van der Waals surface area contributed by atoms with E-state index in [1.807, 2.05) is 30.6 Å². The van der Waals surface area contributed by atoms with Crippen molar-refractivity contribution in [3.8, 4) is 11.8 Å². The number of anilines is 1. The summed E-state index contributed by atoms with van der Waals surface area (Å²) in [6, 6.07) is 13.6. The summed E-state index contributed by atoms with van der Waals surface area (Å²) in [5.74, 6) is -1.68. The summed E-state index contributed by atoms with van der Waals surface area (Å²) in [6.45, 7) is 5.45. The first-order valence-corrected chi connectivity index (χ1v) is 10.3. The maximum atomic E-state index is 12.7. The number of nitriles is 1. The van der Waals surface area contributed by atoms with Crippen LogP contribution in [0.3, 0.4) is 0 Å². The van der Waals surface area contributed by atoms with E-state index in [2.05, 4.69) is 5.32 Å². The van der Waals surface area contributed by atoms with Gasteiger partial charge in [-0.1, -0.05) is 29.3 Å². The minimum absolute atomic E-state index is 0.0113. The van der Waals surface area contributed by atoms with E-state index in [1.54, 1.807) is 31.2 Å². The summed E-state index contributed by atoms with van der Waals surface area (Å²) in [7, 11) is 0. The molecule has 0 aliphatic carbocycles. The van der Waals surface area contributed by atoms with Crippen LogP contribution in [0.25, 0.3) is 11.8 Å². The van der Waals surface area contributed by atoms with Gasteiger partial charge in [0.1, 0.15) is 11.6 Å². The second-order valence-corrected chi connectivity index (χ2v) is 7.98. The fourth-order valence-electron chi connectivity index (χ4n) is 3.38. The number of aromatic nitrogens is 1. The molecule has 2 N–H and O–H groups in total. The monoisotopic (exact) mass is 467 g/mol. The van der Waals surface area contributed by atoms with Crippen LogP contribution in [0, 0.1) is 32.1 Å². The van der Waals surface area contributed by atoms with Gasteiger partial charge < -0.3 is 15.0 Å². The van der Waals surface area contributed by atoms with Crippen molar-refractivity contribution in [2.45, 2.75) is 20.8 Å². The summed E-state index contributed by atoms with van der Waals surface area (Å²) in [5.41, 5.74) is 3.94. The average molecular weight is 468 g/mol. The lowest BCUT2D eigenvalue weighted by Crippen LogP contribution is -2.14. The molecule has 32 heavy (non-hydrogen) atoms. The van der Waals surface area contributed by atoms with Crippen molar-refractivity contribution >= 4 is 46.8 Å². The Morgan fingerprint density at radius 1 is 1.09 bits per heavy atom. The topological polar surface area (TPSA) is 95.1 Å². The summed E-state index contributed by atoms with van der Waals surface area (Å²) in [5, 5.41) is 22.3. The molecule has 2 aromatic carbocycles. The van der Waals surface area contributed by atoms with Gasteiger partial charge in [0.15, 0.2) is 0 Å². The number of nitrogens with one attached hydrogen (secondary N) is 1. The van der Waals surface area contributed by atoms with Crippen LogP contribution in [-0.2, 0) is 4.79 Å². The molecule has 3 rings (SSSR count). The fourth-order valence-corrected chi connectivity index (χ4v) is 3.76. The van der Waals surface area contributed by atoms with E-state index >= 15 is 0 Å². The lowest BCUT2D eigenvalue weighted by molar-refractivity contribution is -0.112. The van der Waals surface area contributed by atoms with E-state index in [1.165, 1.54) is 18.2 Å².